The smallest absolute Gasteiger partial charge is 0.407 e. The first kappa shape index (κ1) is 27.9. The Labute approximate surface area is 229 Å². The first-order valence-corrected chi connectivity index (χ1v) is 13.2. The first-order valence-electron chi connectivity index (χ1n) is 13.2. The highest BCUT2D eigenvalue weighted by Crippen LogP contribution is 2.44. The van der Waals surface area contributed by atoms with Crippen LogP contribution in [-0.2, 0) is 20.9 Å². The standard InChI is InChI=1S/C31H35N3O5/c1-21(34(2)19-22-10-4-3-5-11-22)18-32-30(37)28(16-17-29(35)36)33-31(38)39-20-27-25-14-8-6-12-23(25)24-13-7-9-15-26(24)27/h3-15,21,27-28H,16-20H2,1-2H3,(H,32,37)(H,33,38)(H,35,36). The minimum atomic E-state index is -1.04. The van der Waals surface area contributed by atoms with Gasteiger partial charge in [-0.25, -0.2) is 4.79 Å². The van der Waals surface area contributed by atoms with E-state index in [-0.39, 0.29) is 31.4 Å². The fraction of sp³-hybridized carbons (Fsp3) is 0.323. The minimum Gasteiger partial charge on any atom is -0.481 e. The molecule has 8 nitrogen and oxygen atoms in total. The Morgan fingerprint density at radius 1 is 0.923 bits per heavy atom. The number of fused-ring (bicyclic) bond motifs is 3. The maximum atomic E-state index is 13.0. The first-order chi connectivity index (χ1) is 18.8. The van der Waals surface area contributed by atoms with Gasteiger partial charge < -0.3 is 20.5 Å². The third-order valence-electron chi connectivity index (χ3n) is 7.20. The van der Waals surface area contributed by atoms with E-state index in [2.05, 4.69) is 27.7 Å². The molecule has 3 aromatic rings. The second kappa shape index (κ2) is 13.1. The van der Waals surface area contributed by atoms with E-state index in [9.17, 15) is 14.4 Å². The fourth-order valence-corrected chi connectivity index (χ4v) is 4.87. The summed E-state index contributed by atoms with van der Waals surface area (Å²) in [6.07, 6.45) is -1.05. The summed E-state index contributed by atoms with van der Waals surface area (Å²) in [5.41, 5.74) is 5.56. The summed E-state index contributed by atoms with van der Waals surface area (Å²) in [4.78, 5) is 39.0. The Hall–Kier alpha value is -4.17. The molecule has 1 aliphatic carbocycles. The number of amides is 2. The molecular weight excluding hydrogens is 494 g/mol. The van der Waals surface area contributed by atoms with Crippen molar-refractivity contribution in [2.24, 2.45) is 0 Å². The average Bonchev–Trinajstić information content (AvgIpc) is 3.26. The molecule has 4 rings (SSSR count). The molecule has 8 heteroatoms. The summed E-state index contributed by atoms with van der Waals surface area (Å²) >= 11 is 0. The summed E-state index contributed by atoms with van der Waals surface area (Å²) < 4.78 is 5.57. The number of carbonyl (C=O) groups is 3. The van der Waals surface area contributed by atoms with Crippen LogP contribution in [0.15, 0.2) is 78.9 Å². The number of aliphatic carboxylic acids is 1. The maximum Gasteiger partial charge on any atom is 0.407 e. The molecule has 0 aliphatic heterocycles. The molecule has 2 atom stereocenters. The van der Waals surface area contributed by atoms with Crippen LogP contribution >= 0.6 is 0 Å². The number of carboxylic acids is 1. The van der Waals surface area contributed by atoms with Crippen molar-refractivity contribution in [3.63, 3.8) is 0 Å². The van der Waals surface area contributed by atoms with Crippen molar-refractivity contribution < 1.29 is 24.2 Å². The third-order valence-corrected chi connectivity index (χ3v) is 7.20. The lowest BCUT2D eigenvalue weighted by Crippen LogP contribution is -2.50. The van der Waals surface area contributed by atoms with Gasteiger partial charge in [0, 0.05) is 31.5 Å². The van der Waals surface area contributed by atoms with Crippen molar-refractivity contribution >= 4 is 18.0 Å². The zero-order valence-electron chi connectivity index (χ0n) is 22.3. The van der Waals surface area contributed by atoms with E-state index in [4.69, 9.17) is 9.84 Å². The summed E-state index contributed by atoms with van der Waals surface area (Å²) in [5.74, 6) is -1.60. The van der Waals surface area contributed by atoms with Crippen molar-refractivity contribution in [3.8, 4) is 11.1 Å². The van der Waals surface area contributed by atoms with Crippen LogP contribution in [0.4, 0.5) is 4.79 Å². The summed E-state index contributed by atoms with van der Waals surface area (Å²) in [6.45, 7) is 3.17. The lowest BCUT2D eigenvalue weighted by atomic mass is 9.98. The Bertz CT molecular complexity index is 1250. The highest BCUT2D eigenvalue weighted by molar-refractivity contribution is 5.86. The molecule has 0 radical (unpaired) electrons. The van der Waals surface area contributed by atoms with Crippen LogP contribution in [0.1, 0.15) is 42.4 Å². The molecule has 204 valence electrons. The third kappa shape index (κ3) is 7.23. The van der Waals surface area contributed by atoms with Gasteiger partial charge in [0.15, 0.2) is 0 Å². The lowest BCUT2D eigenvalue weighted by Gasteiger charge is -2.26. The van der Waals surface area contributed by atoms with E-state index in [1.54, 1.807) is 0 Å². The quantitative estimate of drug-likeness (QED) is 0.321. The molecule has 0 heterocycles. The zero-order chi connectivity index (χ0) is 27.8. The molecule has 2 amide bonds. The van der Waals surface area contributed by atoms with Crippen LogP contribution in [0, 0.1) is 0 Å². The topological polar surface area (TPSA) is 108 Å². The summed E-state index contributed by atoms with van der Waals surface area (Å²) in [6, 6.07) is 25.1. The highest BCUT2D eigenvalue weighted by atomic mass is 16.5. The van der Waals surface area contributed by atoms with E-state index < -0.39 is 24.0 Å². The number of likely N-dealkylation sites (N-methyl/N-ethyl adjacent to an activating group) is 1. The van der Waals surface area contributed by atoms with Gasteiger partial charge in [-0.3, -0.25) is 14.5 Å². The molecule has 2 unspecified atom stereocenters. The average molecular weight is 530 g/mol. The molecule has 0 bridgehead atoms. The second-order valence-electron chi connectivity index (χ2n) is 9.95. The number of nitrogens with zero attached hydrogens (tertiary/aromatic N) is 1. The van der Waals surface area contributed by atoms with Gasteiger partial charge in [-0.15, -0.1) is 0 Å². The van der Waals surface area contributed by atoms with Crippen LogP contribution in [0.5, 0.6) is 0 Å². The Morgan fingerprint density at radius 3 is 2.13 bits per heavy atom. The van der Waals surface area contributed by atoms with Gasteiger partial charge in [-0.1, -0.05) is 78.9 Å². The van der Waals surface area contributed by atoms with Crippen LogP contribution in [0.3, 0.4) is 0 Å². The summed E-state index contributed by atoms with van der Waals surface area (Å²) in [7, 11) is 1.97. The molecule has 0 aromatic heterocycles. The molecule has 3 N–H and O–H groups in total. The number of hydrogen-bond acceptors (Lipinski definition) is 5. The molecule has 0 saturated heterocycles. The predicted molar refractivity (Wildman–Crippen MR) is 149 cm³/mol. The maximum absolute atomic E-state index is 13.0. The van der Waals surface area contributed by atoms with Gasteiger partial charge in [0.25, 0.3) is 0 Å². The van der Waals surface area contributed by atoms with E-state index in [0.29, 0.717) is 6.54 Å². The van der Waals surface area contributed by atoms with Gasteiger partial charge in [0.05, 0.1) is 0 Å². The fourth-order valence-electron chi connectivity index (χ4n) is 4.87. The molecule has 39 heavy (non-hydrogen) atoms. The van der Waals surface area contributed by atoms with E-state index in [0.717, 1.165) is 34.4 Å². The zero-order valence-corrected chi connectivity index (χ0v) is 22.3. The molecule has 0 saturated carbocycles. The number of carboxylic acid groups (broad SMARTS) is 1. The van der Waals surface area contributed by atoms with E-state index in [1.165, 1.54) is 0 Å². The lowest BCUT2D eigenvalue weighted by molar-refractivity contribution is -0.137. The molecule has 1 aliphatic rings. The number of nitrogens with one attached hydrogen (secondary N) is 2. The van der Waals surface area contributed by atoms with Gasteiger partial charge >= 0.3 is 12.1 Å². The number of benzene rings is 3. The van der Waals surface area contributed by atoms with Crippen molar-refractivity contribution in [3.05, 3.63) is 95.6 Å². The van der Waals surface area contributed by atoms with Crippen molar-refractivity contribution in [2.75, 3.05) is 20.2 Å². The van der Waals surface area contributed by atoms with Gasteiger partial charge in [0.1, 0.15) is 12.6 Å². The Balaban J connectivity index is 1.33. The van der Waals surface area contributed by atoms with E-state index in [1.807, 2.05) is 80.7 Å². The number of hydrogen-bond donors (Lipinski definition) is 3. The number of carbonyl (C=O) groups excluding carboxylic acids is 2. The van der Waals surface area contributed by atoms with E-state index >= 15 is 0 Å². The normalized spacial score (nSPS) is 13.7. The molecule has 0 spiro atoms. The monoisotopic (exact) mass is 529 g/mol. The number of rotatable bonds is 12. The Kier molecular flexibility index (Phi) is 9.33. The van der Waals surface area contributed by atoms with Crippen molar-refractivity contribution in [1.82, 2.24) is 15.5 Å². The molecule has 3 aromatic carbocycles. The molecule has 0 fully saturated rings. The SMILES string of the molecule is CC(CNC(=O)C(CCC(=O)O)NC(=O)OCC1c2ccccc2-c2ccccc21)N(C)Cc1ccccc1. The summed E-state index contributed by atoms with van der Waals surface area (Å²) in [5, 5.41) is 14.6. The number of alkyl carbamates (subject to hydrolysis) is 1. The van der Waals surface area contributed by atoms with Gasteiger partial charge in [-0.2, -0.15) is 0 Å². The highest BCUT2D eigenvalue weighted by Gasteiger charge is 2.30. The van der Waals surface area contributed by atoms with Gasteiger partial charge in [-0.05, 0) is 48.2 Å². The van der Waals surface area contributed by atoms with Crippen molar-refractivity contribution in [1.29, 1.82) is 0 Å². The molecular formula is C31H35N3O5. The van der Waals surface area contributed by atoms with Gasteiger partial charge in [0.2, 0.25) is 5.91 Å². The minimum absolute atomic E-state index is 0.0173. The van der Waals surface area contributed by atoms with Crippen LogP contribution in [0.25, 0.3) is 11.1 Å². The van der Waals surface area contributed by atoms with Crippen LogP contribution in [-0.4, -0.2) is 60.3 Å². The van der Waals surface area contributed by atoms with Crippen LogP contribution in [0.2, 0.25) is 0 Å². The number of ether oxygens (including phenoxy) is 1. The van der Waals surface area contributed by atoms with Crippen LogP contribution < -0.4 is 10.6 Å². The second-order valence-corrected chi connectivity index (χ2v) is 9.95. The Morgan fingerprint density at radius 2 is 1.51 bits per heavy atom. The predicted octanol–water partition coefficient (Wildman–Crippen LogP) is 4.40. The van der Waals surface area contributed by atoms with Crippen molar-refractivity contribution in [2.45, 2.75) is 44.3 Å². The largest absolute Gasteiger partial charge is 0.481 e.